The fourth-order valence-electron chi connectivity index (χ4n) is 4.14. The summed E-state index contributed by atoms with van der Waals surface area (Å²) < 4.78 is 5.22. The van der Waals surface area contributed by atoms with Gasteiger partial charge in [0.05, 0.1) is 7.11 Å². The molecule has 0 saturated carbocycles. The SMILES string of the molecule is COC(=O)[C@@]1(c2ccccc2Cl)Nc2ccccc2[C@@H]1CC(=O)c1ccccc1. The van der Waals surface area contributed by atoms with Crippen molar-refractivity contribution < 1.29 is 14.3 Å². The molecule has 0 saturated heterocycles. The van der Waals surface area contributed by atoms with E-state index in [9.17, 15) is 9.59 Å². The Hall–Kier alpha value is -3.11. The molecule has 5 heteroatoms. The molecule has 2 atom stereocenters. The lowest BCUT2D eigenvalue weighted by Crippen LogP contribution is -2.46. The first-order valence-electron chi connectivity index (χ1n) is 9.36. The van der Waals surface area contributed by atoms with Crippen LogP contribution in [0.15, 0.2) is 78.9 Å². The molecular formula is C24H20ClNO3. The van der Waals surface area contributed by atoms with Gasteiger partial charge in [-0.2, -0.15) is 0 Å². The second-order valence-electron chi connectivity index (χ2n) is 7.04. The molecule has 3 aromatic rings. The maximum absolute atomic E-state index is 13.2. The molecule has 0 aliphatic carbocycles. The molecule has 1 aliphatic rings. The van der Waals surface area contributed by atoms with Crippen LogP contribution < -0.4 is 5.32 Å². The van der Waals surface area contributed by atoms with Crippen molar-refractivity contribution in [3.63, 3.8) is 0 Å². The van der Waals surface area contributed by atoms with Gasteiger partial charge in [-0.05, 0) is 17.7 Å². The second-order valence-corrected chi connectivity index (χ2v) is 7.44. The van der Waals surface area contributed by atoms with Gasteiger partial charge in [-0.25, -0.2) is 4.79 Å². The molecule has 4 nitrogen and oxygen atoms in total. The first-order valence-corrected chi connectivity index (χ1v) is 9.74. The van der Waals surface area contributed by atoms with Crippen LogP contribution >= 0.6 is 11.6 Å². The lowest BCUT2D eigenvalue weighted by atomic mass is 9.74. The zero-order chi connectivity index (χ0) is 20.4. The number of nitrogens with one attached hydrogen (secondary N) is 1. The highest BCUT2D eigenvalue weighted by Gasteiger charge is 2.55. The summed E-state index contributed by atoms with van der Waals surface area (Å²) in [4.78, 5) is 26.3. The minimum atomic E-state index is -1.29. The minimum absolute atomic E-state index is 0.0468. The van der Waals surface area contributed by atoms with Gasteiger partial charge in [0, 0.05) is 34.2 Å². The van der Waals surface area contributed by atoms with Crippen molar-refractivity contribution in [3.05, 3.63) is 101 Å². The number of fused-ring (bicyclic) bond motifs is 1. The van der Waals surface area contributed by atoms with Crippen LogP contribution in [0.2, 0.25) is 5.02 Å². The summed E-state index contributed by atoms with van der Waals surface area (Å²) in [6, 6.07) is 23.9. The zero-order valence-electron chi connectivity index (χ0n) is 15.9. The quantitative estimate of drug-likeness (QED) is 0.468. The third-order valence-corrected chi connectivity index (χ3v) is 5.81. The van der Waals surface area contributed by atoms with Crippen LogP contribution in [-0.4, -0.2) is 18.9 Å². The van der Waals surface area contributed by atoms with Crippen molar-refractivity contribution in [3.8, 4) is 0 Å². The number of ether oxygens (including phenoxy) is 1. The fraction of sp³-hybridized carbons (Fsp3) is 0.167. The third-order valence-electron chi connectivity index (χ3n) is 5.48. The van der Waals surface area contributed by atoms with Crippen LogP contribution in [0, 0.1) is 0 Å². The minimum Gasteiger partial charge on any atom is -0.467 e. The second kappa shape index (κ2) is 7.72. The molecule has 146 valence electrons. The Labute approximate surface area is 174 Å². The van der Waals surface area contributed by atoms with E-state index >= 15 is 0 Å². The van der Waals surface area contributed by atoms with E-state index in [0.717, 1.165) is 11.3 Å². The van der Waals surface area contributed by atoms with Gasteiger partial charge < -0.3 is 10.1 Å². The number of anilines is 1. The van der Waals surface area contributed by atoms with E-state index in [4.69, 9.17) is 16.3 Å². The molecule has 1 heterocycles. The van der Waals surface area contributed by atoms with E-state index in [1.807, 2.05) is 54.6 Å². The van der Waals surface area contributed by atoms with Crippen molar-refractivity contribution in [1.29, 1.82) is 0 Å². The molecular weight excluding hydrogens is 386 g/mol. The van der Waals surface area contributed by atoms with Gasteiger partial charge in [-0.3, -0.25) is 4.79 Å². The molecule has 0 bridgehead atoms. The standard InChI is InChI=1S/C24H20ClNO3/c1-29-23(28)24(18-12-6-7-13-20(18)25)19(17-11-5-8-14-21(17)26-24)15-22(27)16-9-3-2-4-10-16/h2-14,19,26H,15H2,1H3/t19-,24-/m0/s1. The summed E-state index contributed by atoms with van der Waals surface area (Å²) in [7, 11) is 1.35. The highest BCUT2D eigenvalue weighted by atomic mass is 35.5. The van der Waals surface area contributed by atoms with Gasteiger partial charge in [-0.15, -0.1) is 0 Å². The molecule has 29 heavy (non-hydrogen) atoms. The Morgan fingerprint density at radius 1 is 0.966 bits per heavy atom. The van der Waals surface area contributed by atoms with Crippen LogP contribution in [0.3, 0.4) is 0 Å². The Kier molecular flexibility index (Phi) is 5.12. The lowest BCUT2D eigenvalue weighted by molar-refractivity contribution is -0.147. The van der Waals surface area contributed by atoms with Crippen molar-refractivity contribution in [1.82, 2.24) is 0 Å². The molecule has 1 aliphatic heterocycles. The number of carbonyl (C=O) groups is 2. The Morgan fingerprint density at radius 2 is 1.62 bits per heavy atom. The first-order chi connectivity index (χ1) is 14.1. The van der Waals surface area contributed by atoms with Gasteiger partial charge in [0.25, 0.3) is 0 Å². The van der Waals surface area contributed by atoms with Crippen LogP contribution in [0.25, 0.3) is 0 Å². The topological polar surface area (TPSA) is 55.4 Å². The van der Waals surface area contributed by atoms with Gasteiger partial charge in [0.15, 0.2) is 11.3 Å². The lowest BCUT2D eigenvalue weighted by Gasteiger charge is -2.34. The number of halogens is 1. The molecule has 0 amide bonds. The van der Waals surface area contributed by atoms with Crippen molar-refractivity contribution >= 4 is 29.0 Å². The van der Waals surface area contributed by atoms with Crippen molar-refractivity contribution in [2.75, 3.05) is 12.4 Å². The summed E-state index contributed by atoms with van der Waals surface area (Å²) >= 11 is 6.52. The van der Waals surface area contributed by atoms with E-state index in [1.165, 1.54) is 7.11 Å². The number of hydrogen-bond acceptors (Lipinski definition) is 4. The molecule has 1 N–H and O–H groups in total. The van der Waals surface area contributed by atoms with Crippen molar-refractivity contribution in [2.24, 2.45) is 0 Å². The summed E-state index contributed by atoms with van der Waals surface area (Å²) in [5, 5.41) is 3.79. The van der Waals surface area contributed by atoms with E-state index in [0.29, 0.717) is 16.1 Å². The number of para-hydroxylation sites is 1. The van der Waals surface area contributed by atoms with Gasteiger partial charge in [0.1, 0.15) is 0 Å². The summed E-state index contributed by atoms with van der Waals surface area (Å²) in [6.45, 7) is 0. The smallest absolute Gasteiger partial charge is 0.336 e. The Bertz CT molecular complexity index is 1070. The van der Waals surface area contributed by atoms with Crippen LogP contribution in [0.1, 0.15) is 33.8 Å². The maximum Gasteiger partial charge on any atom is 0.336 e. The first kappa shape index (κ1) is 19.2. The summed E-state index contributed by atoms with van der Waals surface area (Å²) in [6.07, 6.45) is 0.133. The molecule has 0 radical (unpaired) electrons. The zero-order valence-corrected chi connectivity index (χ0v) is 16.6. The maximum atomic E-state index is 13.2. The average Bonchev–Trinajstić information content (AvgIpc) is 3.09. The molecule has 4 rings (SSSR count). The number of ketones is 1. The van der Waals surface area contributed by atoms with Crippen LogP contribution in [-0.2, 0) is 15.1 Å². The number of rotatable bonds is 5. The molecule has 0 fully saturated rings. The normalized spacial score (nSPS) is 19.9. The van der Waals surface area contributed by atoms with E-state index < -0.39 is 17.4 Å². The summed E-state index contributed by atoms with van der Waals surface area (Å²) in [5.74, 6) is -0.999. The molecule has 0 spiro atoms. The largest absolute Gasteiger partial charge is 0.467 e. The fourth-order valence-corrected chi connectivity index (χ4v) is 4.42. The van der Waals surface area contributed by atoms with Crippen LogP contribution in [0.5, 0.6) is 0 Å². The predicted octanol–water partition coefficient (Wildman–Crippen LogP) is 5.19. The van der Waals surface area contributed by atoms with Gasteiger partial charge in [0.2, 0.25) is 0 Å². The predicted molar refractivity (Wildman–Crippen MR) is 113 cm³/mol. The van der Waals surface area contributed by atoms with E-state index in [1.54, 1.807) is 24.3 Å². The van der Waals surface area contributed by atoms with E-state index in [2.05, 4.69) is 5.32 Å². The number of benzene rings is 3. The van der Waals surface area contributed by atoms with Crippen LogP contribution in [0.4, 0.5) is 5.69 Å². The van der Waals surface area contributed by atoms with Gasteiger partial charge in [-0.1, -0.05) is 78.3 Å². The number of hydrogen-bond donors (Lipinski definition) is 1. The Morgan fingerprint density at radius 3 is 2.34 bits per heavy atom. The molecule has 0 unspecified atom stereocenters. The number of carbonyl (C=O) groups excluding carboxylic acids is 2. The molecule has 0 aromatic heterocycles. The number of esters is 1. The summed E-state index contributed by atoms with van der Waals surface area (Å²) in [5.41, 5.74) is 1.59. The highest BCUT2D eigenvalue weighted by molar-refractivity contribution is 6.32. The van der Waals surface area contributed by atoms with Gasteiger partial charge >= 0.3 is 5.97 Å². The monoisotopic (exact) mass is 405 g/mol. The Balaban J connectivity index is 1.88. The third kappa shape index (κ3) is 3.19. The number of methoxy groups -OCH3 is 1. The number of Topliss-reactive ketones (excluding diaryl/α,β-unsaturated/α-hetero) is 1. The highest BCUT2D eigenvalue weighted by Crippen LogP contribution is 2.52. The molecule has 3 aromatic carbocycles. The van der Waals surface area contributed by atoms with Crippen molar-refractivity contribution in [2.45, 2.75) is 17.9 Å². The average molecular weight is 406 g/mol. The van der Waals surface area contributed by atoms with E-state index in [-0.39, 0.29) is 12.2 Å².